The van der Waals surface area contributed by atoms with Gasteiger partial charge in [-0.3, -0.25) is 0 Å². The second kappa shape index (κ2) is 7.37. The smallest absolute Gasteiger partial charge is 0.0518 e. The van der Waals surface area contributed by atoms with Gasteiger partial charge in [-0.1, -0.05) is 27.2 Å². The number of ether oxygens (including phenoxy) is 1. The van der Waals surface area contributed by atoms with Crippen molar-refractivity contribution in [3.63, 3.8) is 0 Å². The van der Waals surface area contributed by atoms with Crippen LogP contribution in [0.15, 0.2) is 0 Å². The molecule has 0 aliphatic heterocycles. The third-order valence-electron chi connectivity index (χ3n) is 2.56. The van der Waals surface area contributed by atoms with E-state index in [4.69, 9.17) is 4.74 Å². The molecule has 0 heterocycles. The van der Waals surface area contributed by atoms with E-state index in [9.17, 15) is 0 Å². The Balaban J connectivity index is 3.34. The van der Waals surface area contributed by atoms with Gasteiger partial charge in [-0.05, 0) is 38.5 Å². The Kier molecular flexibility index (Phi) is 7.35. The first-order valence-corrected chi connectivity index (χ1v) is 5.67. The first kappa shape index (κ1) is 13.0. The predicted octanol–water partition coefficient (Wildman–Crippen LogP) is 3.87. The lowest BCUT2D eigenvalue weighted by molar-refractivity contribution is 0.0678. The molecule has 0 amide bonds. The van der Waals surface area contributed by atoms with Crippen molar-refractivity contribution in [2.24, 2.45) is 11.8 Å². The van der Waals surface area contributed by atoms with Gasteiger partial charge < -0.3 is 4.74 Å². The Morgan fingerprint density at radius 1 is 1.00 bits per heavy atom. The maximum atomic E-state index is 5.53. The maximum Gasteiger partial charge on any atom is 0.0518 e. The van der Waals surface area contributed by atoms with Crippen molar-refractivity contribution >= 4 is 0 Å². The number of hydrogen-bond donors (Lipinski definition) is 0. The Morgan fingerprint density at radius 3 is 2.08 bits per heavy atom. The summed E-state index contributed by atoms with van der Waals surface area (Å²) < 4.78 is 5.53. The Hall–Kier alpha value is -0.0400. The molecule has 0 radical (unpaired) electrons. The molecule has 0 aliphatic carbocycles. The van der Waals surface area contributed by atoms with Crippen molar-refractivity contribution < 1.29 is 4.74 Å². The molecule has 0 bridgehead atoms. The zero-order chi connectivity index (χ0) is 10.3. The topological polar surface area (TPSA) is 9.23 Å². The van der Waals surface area contributed by atoms with E-state index < -0.39 is 0 Å². The fourth-order valence-corrected chi connectivity index (χ4v) is 1.48. The zero-order valence-corrected chi connectivity index (χ0v) is 9.97. The molecule has 13 heavy (non-hydrogen) atoms. The van der Waals surface area contributed by atoms with Gasteiger partial charge in [-0.2, -0.15) is 0 Å². The van der Waals surface area contributed by atoms with E-state index in [0.29, 0.717) is 6.10 Å². The van der Waals surface area contributed by atoms with Crippen LogP contribution in [0.4, 0.5) is 0 Å². The molecule has 0 saturated carbocycles. The van der Waals surface area contributed by atoms with Gasteiger partial charge >= 0.3 is 0 Å². The molecule has 0 aromatic heterocycles. The highest BCUT2D eigenvalue weighted by atomic mass is 16.5. The molecule has 0 aliphatic rings. The highest BCUT2D eigenvalue weighted by Gasteiger charge is 2.07. The molecule has 2 unspecified atom stereocenters. The van der Waals surface area contributed by atoms with E-state index in [1.807, 2.05) is 0 Å². The quantitative estimate of drug-likeness (QED) is 0.586. The standard InChI is InChI=1S/C12H26O/c1-6-11(4)9-12(5)7-8-13-10(2)3/h10-12H,6-9H2,1-5H3. The molecule has 2 atom stereocenters. The molecule has 1 heteroatoms. The average Bonchev–Trinajstić information content (AvgIpc) is 2.03. The summed E-state index contributed by atoms with van der Waals surface area (Å²) >= 11 is 0. The van der Waals surface area contributed by atoms with Gasteiger partial charge in [-0.15, -0.1) is 0 Å². The maximum absolute atomic E-state index is 5.53. The second-order valence-electron chi connectivity index (χ2n) is 4.56. The van der Waals surface area contributed by atoms with Crippen molar-refractivity contribution in [3.8, 4) is 0 Å². The predicted molar refractivity (Wildman–Crippen MR) is 58.9 cm³/mol. The SMILES string of the molecule is CCC(C)CC(C)CCOC(C)C. The minimum absolute atomic E-state index is 0.385. The van der Waals surface area contributed by atoms with E-state index in [1.54, 1.807) is 0 Å². The average molecular weight is 186 g/mol. The van der Waals surface area contributed by atoms with Gasteiger partial charge in [0.25, 0.3) is 0 Å². The number of rotatable bonds is 7. The van der Waals surface area contributed by atoms with E-state index in [1.165, 1.54) is 19.3 Å². The summed E-state index contributed by atoms with van der Waals surface area (Å²) in [4.78, 5) is 0. The van der Waals surface area contributed by atoms with Crippen molar-refractivity contribution in [2.45, 2.75) is 60.0 Å². The third kappa shape index (κ3) is 8.29. The van der Waals surface area contributed by atoms with E-state index in [2.05, 4.69) is 34.6 Å². The van der Waals surface area contributed by atoms with Crippen LogP contribution in [0.3, 0.4) is 0 Å². The zero-order valence-electron chi connectivity index (χ0n) is 9.97. The van der Waals surface area contributed by atoms with Gasteiger partial charge in [0.15, 0.2) is 0 Å². The first-order valence-electron chi connectivity index (χ1n) is 5.67. The van der Waals surface area contributed by atoms with E-state index in [0.717, 1.165) is 18.4 Å². The molecular formula is C12H26O. The summed E-state index contributed by atoms with van der Waals surface area (Å²) in [5.74, 6) is 1.68. The van der Waals surface area contributed by atoms with Gasteiger partial charge in [0.05, 0.1) is 6.10 Å². The lowest BCUT2D eigenvalue weighted by Gasteiger charge is -2.16. The lowest BCUT2D eigenvalue weighted by atomic mass is 9.93. The van der Waals surface area contributed by atoms with Crippen LogP contribution in [-0.4, -0.2) is 12.7 Å². The summed E-state index contributed by atoms with van der Waals surface area (Å²) in [6.07, 6.45) is 4.24. The molecule has 1 nitrogen and oxygen atoms in total. The van der Waals surface area contributed by atoms with Gasteiger partial charge in [-0.25, -0.2) is 0 Å². The van der Waals surface area contributed by atoms with E-state index in [-0.39, 0.29) is 0 Å². The fourth-order valence-electron chi connectivity index (χ4n) is 1.48. The van der Waals surface area contributed by atoms with Crippen molar-refractivity contribution in [3.05, 3.63) is 0 Å². The summed E-state index contributed by atoms with van der Waals surface area (Å²) in [6.45, 7) is 12.0. The van der Waals surface area contributed by atoms with Crippen molar-refractivity contribution in [1.29, 1.82) is 0 Å². The summed E-state index contributed by atoms with van der Waals surface area (Å²) in [5.41, 5.74) is 0. The molecule has 80 valence electrons. The van der Waals surface area contributed by atoms with Crippen LogP contribution < -0.4 is 0 Å². The Morgan fingerprint density at radius 2 is 1.62 bits per heavy atom. The molecule has 0 aromatic carbocycles. The minimum Gasteiger partial charge on any atom is -0.379 e. The monoisotopic (exact) mass is 186 g/mol. The normalized spacial score (nSPS) is 16.2. The van der Waals surface area contributed by atoms with Crippen LogP contribution in [0.5, 0.6) is 0 Å². The molecule has 0 rings (SSSR count). The second-order valence-corrected chi connectivity index (χ2v) is 4.56. The largest absolute Gasteiger partial charge is 0.379 e. The van der Waals surface area contributed by atoms with Crippen molar-refractivity contribution in [1.82, 2.24) is 0 Å². The summed E-state index contributed by atoms with van der Waals surface area (Å²) in [5, 5.41) is 0. The van der Waals surface area contributed by atoms with Gasteiger partial charge in [0.2, 0.25) is 0 Å². The highest BCUT2D eigenvalue weighted by molar-refractivity contribution is 4.58. The van der Waals surface area contributed by atoms with Gasteiger partial charge in [0, 0.05) is 6.61 Å². The van der Waals surface area contributed by atoms with Crippen LogP contribution in [0.1, 0.15) is 53.9 Å². The molecule has 0 spiro atoms. The lowest BCUT2D eigenvalue weighted by Crippen LogP contribution is -2.09. The number of hydrogen-bond acceptors (Lipinski definition) is 1. The first-order chi connectivity index (χ1) is 6.06. The molecule has 0 N–H and O–H groups in total. The van der Waals surface area contributed by atoms with Crippen LogP contribution >= 0.6 is 0 Å². The minimum atomic E-state index is 0.385. The molecule has 0 fully saturated rings. The Labute approximate surface area is 83.9 Å². The van der Waals surface area contributed by atoms with Crippen molar-refractivity contribution in [2.75, 3.05) is 6.61 Å². The third-order valence-corrected chi connectivity index (χ3v) is 2.56. The van der Waals surface area contributed by atoms with Crippen LogP contribution in [0, 0.1) is 11.8 Å². The molecular weight excluding hydrogens is 160 g/mol. The van der Waals surface area contributed by atoms with Crippen LogP contribution in [0.25, 0.3) is 0 Å². The van der Waals surface area contributed by atoms with Crippen LogP contribution in [-0.2, 0) is 4.74 Å². The molecule has 0 aromatic rings. The fraction of sp³-hybridized carbons (Fsp3) is 1.00. The molecule has 0 saturated heterocycles. The summed E-state index contributed by atoms with van der Waals surface area (Å²) in [6, 6.07) is 0. The van der Waals surface area contributed by atoms with Crippen LogP contribution in [0.2, 0.25) is 0 Å². The highest BCUT2D eigenvalue weighted by Crippen LogP contribution is 2.17. The van der Waals surface area contributed by atoms with E-state index >= 15 is 0 Å². The van der Waals surface area contributed by atoms with Gasteiger partial charge in [0.1, 0.15) is 0 Å². The summed E-state index contributed by atoms with van der Waals surface area (Å²) in [7, 11) is 0. The Bertz CT molecular complexity index is 110.